The molecule has 3 aromatic rings. The summed E-state index contributed by atoms with van der Waals surface area (Å²) in [6.07, 6.45) is 3.26. The maximum absolute atomic E-state index is 12.2. The topological polar surface area (TPSA) is 80.9 Å². The van der Waals surface area contributed by atoms with Crippen LogP contribution in [0, 0.1) is 0 Å². The molecule has 110 valence electrons. The first kappa shape index (κ1) is 13.9. The van der Waals surface area contributed by atoms with Gasteiger partial charge in [0.15, 0.2) is 0 Å². The lowest BCUT2D eigenvalue weighted by Crippen LogP contribution is -2.26. The molecule has 0 spiro atoms. The molecule has 0 aliphatic rings. The Morgan fingerprint density at radius 2 is 1.86 bits per heavy atom. The Labute approximate surface area is 127 Å². The Balaban J connectivity index is 1.72. The number of nitrogens with one attached hydrogen (secondary N) is 1. The summed E-state index contributed by atoms with van der Waals surface area (Å²) in [4.78, 5) is 20.2. The van der Waals surface area contributed by atoms with Crippen molar-refractivity contribution in [1.82, 2.24) is 20.4 Å². The molecule has 1 N–H and O–H groups in total. The number of aromatic nitrogens is 3. The minimum absolute atomic E-state index is 0.0606. The van der Waals surface area contributed by atoms with Gasteiger partial charge in [-0.15, -0.1) is 0 Å². The van der Waals surface area contributed by atoms with Crippen molar-refractivity contribution >= 4 is 5.91 Å². The van der Waals surface area contributed by atoms with Gasteiger partial charge in [0.05, 0.1) is 6.04 Å². The highest BCUT2D eigenvalue weighted by molar-refractivity contribution is 5.90. The van der Waals surface area contributed by atoms with Crippen molar-refractivity contribution in [2.45, 2.75) is 13.0 Å². The highest BCUT2D eigenvalue weighted by atomic mass is 16.5. The molecular weight excluding hydrogens is 280 g/mol. The Morgan fingerprint density at radius 1 is 1.14 bits per heavy atom. The zero-order valence-electron chi connectivity index (χ0n) is 11.9. The van der Waals surface area contributed by atoms with Gasteiger partial charge in [-0.1, -0.05) is 35.5 Å². The van der Waals surface area contributed by atoms with Crippen LogP contribution in [0.2, 0.25) is 0 Å². The largest absolute Gasteiger partial charge is 0.341 e. The molecule has 3 rings (SSSR count). The number of amides is 1. The van der Waals surface area contributed by atoms with Crippen LogP contribution in [0.5, 0.6) is 0 Å². The minimum Gasteiger partial charge on any atom is -0.341 e. The average Bonchev–Trinajstić information content (AvgIpc) is 3.06. The number of hydrogen-bond acceptors (Lipinski definition) is 5. The first-order valence-corrected chi connectivity index (χ1v) is 6.84. The van der Waals surface area contributed by atoms with Crippen molar-refractivity contribution in [2.75, 3.05) is 0 Å². The fraction of sp³-hybridized carbons (Fsp3) is 0.125. The van der Waals surface area contributed by atoms with E-state index in [0.717, 1.165) is 11.1 Å². The number of carbonyl (C=O) groups is 1. The third kappa shape index (κ3) is 3.01. The van der Waals surface area contributed by atoms with E-state index in [9.17, 15) is 4.79 Å². The zero-order chi connectivity index (χ0) is 15.4. The average molecular weight is 294 g/mol. The van der Waals surface area contributed by atoms with Crippen molar-refractivity contribution in [1.29, 1.82) is 0 Å². The van der Waals surface area contributed by atoms with Crippen LogP contribution in [0.3, 0.4) is 0 Å². The smallest absolute Gasteiger partial charge is 0.316 e. The van der Waals surface area contributed by atoms with Gasteiger partial charge in [0, 0.05) is 18.0 Å². The van der Waals surface area contributed by atoms with E-state index in [2.05, 4.69) is 20.4 Å². The van der Waals surface area contributed by atoms with Gasteiger partial charge in [-0.05, 0) is 24.6 Å². The van der Waals surface area contributed by atoms with Gasteiger partial charge in [0.1, 0.15) is 0 Å². The van der Waals surface area contributed by atoms with Crippen LogP contribution in [-0.4, -0.2) is 21.0 Å². The molecule has 0 saturated carbocycles. The Hall–Kier alpha value is -3.02. The van der Waals surface area contributed by atoms with E-state index in [1.165, 1.54) is 0 Å². The second kappa shape index (κ2) is 6.17. The zero-order valence-corrected chi connectivity index (χ0v) is 11.9. The van der Waals surface area contributed by atoms with Crippen molar-refractivity contribution in [2.24, 2.45) is 0 Å². The van der Waals surface area contributed by atoms with Gasteiger partial charge in [0.2, 0.25) is 5.82 Å². The summed E-state index contributed by atoms with van der Waals surface area (Å²) in [5.41, 5.74) is 1.75. The molecule has 0 saturated heterocycles. The van der Waals surface area contributed by atoms with Crippen molar-refractivity contribution in [3.05, 3.63) is 66.3 Å². The molecule has 0 fully saturated rings. The monoisotopic (exact) mass is 294 g/mol. The number of benzene rings is 1. The number of nitrogens with zero attached hydrogens (tertiary/aromatic N) is 3. The molecule has 1 aromatic carbocycles. The molecule has 22 heavy (non-hydrogen) atoms. The molecule has 6 heteroatoms. The van der Waals surface area contributed by atoms with Crippen LogP contribution in [0.25, 0.3) is 11.4 Å². The third-order valence-corrected chi connectivity index (χ3v) is 3.21. The molecule has 1 amide bonds. The molecule has 0 aliphatic heterocycles. The maximum atomic E-state index is 12.2. The quantitative estimate of drug-likeness (QED) is 0.800. The molecule has 1 atom stereocenters. The standard InChI is InChI=1S/C16H14N4O2/c1-11(12-5-3-2-4-6-12)18-15(21)16-19-14(20-22-16)13-7-9-17-10-8-13/h2-11H,1H3,(H,18,21)/t11-/m1/s1. The normalized spacial score (nSPS) is 11.9. The molecule has 6 nitrogen and oxygen atoms in total. The first-order valence-electron chi connectivity index (χ1n) is 6.84. The van der Waals surface area contributed by atoms with E-state index in [0.29, 0.717) is 5.82 Å². The van der Waals surface area contributed by atoms with Gasteiger partial charge in [-0.25, -0.2) is 0 Å². The summed E-state index contributed by atoms with van der Waals surface area (Å²) in [6.45, 7) is 1.90. The Kier molecular flexibility index (Phi) is 3.91. The maximum Gasteiger partial charge on any atom is 0.316 e. The summed E-state index contributed by atoms with van der Waals surface area (Å²) in [5, 5.41) is 6.64. The highest BCUT2D eigenvalue weighted by Crippen LogP contribution is 2.15. The molecule has 0 radical (unpaired) electrons. The Bertz CT molecular complexity index is 756. The number of carbonyl (C=O) groups excluding carboxylic acids is 1. The molecule has 2 heterocycles. The summed E-state index contributed by atoms with van der Waals surface area (Å²) in [6, 6.07) is 13.0. The van der Waals surface area contributed by atoms with Crippen molar-refractivity contribution < 1.29 is 9.32 Å². The van der Waals surface area contributed by atoms with Crippen LogP contribution in [-0.2, 0) is 0 Å². The first-order chi connectivity index (χ1) is 10.7. The fourth-order valence-corrected chi connectivity index (χ4v) is 2.02. The number of rotatable bonds is 4. The van der Waals surface area contributed by atoms with Gasteiger partial charge < -0.3 is 9.84 Å². The second-order valence-corrected chi connectivity index (χ2v) is 4.76. The fourth-order valence-electron chi connectivity index (χ4n) is 2.02. The summed E-state index contributed by atoms with van der Waals surface area (Å²) >= 11 is 0. The van der Waals surface area contributed by atoms with Crippen molar-refractivity contribution in [3.8, 4) is 11.4 Å². The van der Waals surface area contributed by atoms with E-state index >= 15 is 0 Å². The lowest BCUT2D eigenvalue weighted by molar-refractivity contribution is 0.0895. The minimum atomic E-state index is -0.399. The van der Waals surface area contributed by atoms with E-state index in [-0.39, 0.29) is 11.9 Å². The third-order valence-electron chi connectivity index (χ3n) is 3.21. The van der Waals surface area contributed by atoms with Crippen molar-refractivity contribution in [3.63, 3.8) is 0 Å². The van der Waals surface area contributed by atoms with Gasteiger partial charge in [0.25, 0.3) is 0 Å². The number of pyridine rings is 1. The summed E-state index contributed by atoms with van der Waals surface area (Å²) in [7, 11) is 0. The molecule has 0 unspecified atom stereocenters. The van der Waals surface area contributed by atoms with Gasteiger partial charge in [-0.2, -0.15) is 4.98 Å². The molecule has 0 aliphatic carbocycles. The van der Waals surface area contributed by atoms with E-state index in [4.69, 9.17) is 4.52 Å². The summed E-state index contributed by atoms with van der Waals surface area (Å²) < 4.78 is 5.02. The van der Waals surface area contributed by atoms with Crippen LogP contribution < -0.4 is 5.32 Å². The molecule has 2 aromatic heterocycles. The predicted molar refractivity (Wildman–Crippen MR) is 79.9 cm³/mol. The van der Waals surface area contributed by atoms with Crippen LogP contribution in [0.1, 0.15) is 29.2 Å². The van der Waals surface area contributed by atoms with E-state index in [1.54, 1.807) is 24.5 Å². The second-order valence-electron chi connectivity index (χ2n) is 4.76. The molecular formula is C16H14N4O2. The SMILES string of the molecule is C[C@@H](NC(=O)c1nc(-c2ccncc2)no1)c1ccccc1. The van der Waals surface area contributed by atoms with Crippen LogP contribution >= 0.6 is 0 Å². The predicted octanol–water partition coefficient (Wildman–Crippen LogP) is 2.62. The lowest BCUT2D eigenvalue weighted by Gasteiger charge is -2.12. The van der Waals surface area contributed by atoms with E-state index in [1.807, 2.05) is 37.3 Å². The number of hydrogen-bond donors (Lipinski definition) is 1. The Morgan fingerprint density at radius 3 is 2.59 bits per heavy atom. The van der Waals surface area contributed by atoms with Gasteiger partial charge in [-0.3, -0.25) is 9.78 Å². The highest BCUT2D eigenvalue weighted by Gasteiger charge is 2.18. The lowest BCUT2D eigenvalue weighted by atomic mass is 10.1. The summed E-state index contributed by atoms with van der Waals surface area (Å²) in [5.74, 6) is -0.0985. The van der Waals surface area contributed by atoms with E-state index < -0.39 is 5.91 Å². The van der Waals surface area contributed by atoms with Gasteiger partial charge >= 0.3 is 11.8 Å². The van der Waals surface area contributed by atoms with Crippen LogP contribution in [0.15, 0.2) is 59.4 Å². The molecule has 0 bridgehead atoms. The van der Waals surface area contributed by atoms with Crippen LogP contribution in [0.4, 0.5) is 0 Å².